The van der Waals surface area contributed by atoms with Crippen LogP contribution in [-0.4, -0.2) is 79.7 Å². The van der Waals surface area contributed by atoms with Gasteiger partial charge in [-0.25, -0.2) is 0 Å². The Kier molecular flexibility index (Phi) is 5.20. The Balaban J connectivity index is 2.09. The number of amides is 1. The number of phenolic OH excluding ortho intramolecular Hbond substituents is 1. The van der Waals surface area contributed by atoms with Crippen LogP contribution in [0.15, 0.2) is 28.7 Å². The molecule has 0 spiro atoms. The van der Waals surface area contributed by atoms with E-state index in [1.165, 1.54) is 19.0 Å². The van der Waals surface area contributed by atoms with E-state index in [-0.39, 0.29) is 11.3 Å². The van der Waals surface area contributed by atoms with E-state index in [2.05, 4.69) is 0 Å². The van der Waals surface area contributed by atoms with Crippen molar-refractivity contribution in [1.29, 1.82) is 0 Å². The summed E-state index contributed by atoms with van der Waals surface area (Å²) in [6.07, 6.45) is -1.60. The molecule has 0 heterocycles. The summed E-state index contributed by atoms with van der Waals surface area (Å²) in [5.74, 6) is -8.81. The fraction of sp³-hybridized carbons (Fsp3) is 0.458. The number of ketones is 2. The minimum Gasteiger partial charge on any atom is -0.510 e. The highest BCUT2D eigenvalue weighted by molar-refractivity contribution is 6.25. The van der Waals surface area contributed by atoms with Crippen molar-refractivity contribution < 1.29 is 39.9 Å². The molecule has 1 amide bonds. The quantitative estimate of drug-likeness (QED) is 0.329. The SMILES string of the molecule is Cc1cc(C)c2c(c1O)C(=O)C1=C(O)[C@]3(O)C(=O)C(C(N)=O)=C(O)[C@@H](N(C)C)[C@@H]3[C@@H](O)[C@@H]1[C@H]2C. The third-order valence-corrected chi connectivity index (χ3v) is 7.62. The Morgan fingerprint density at radius 1 is 1.12 bits per heavy atom. The van der Waals surface area contributed by atoms with Crippen molar-refractivity contribution in [3.05, 3.63) is 51.0 Å². The third-order valence-electron chi connectivity index (χ3n) is 7.62. The molecule has 0 saturated carbocycles. The molecule has 0 bridgehead atoms. The van der Waals surface area contributed by atoms with Crippen molar-refractivity contribution in [2.24, 2.45) is 17.6 Å². The van der Waals surface area contributed by atoms with Gasteiger partial charge in [-0.2, -0.15) is 0 Å². The van der Waals surface area contributed by atoms with E-state index in [4.69, 9.17) is 5.73 Å². The maximum Gasteiger partial charge on any atom is 0.255 e. The van der Waals surface area contributed by atoms with E-state index in [1.807, 2.05) is 0 Å². The lowest BCUT2D eigenvalue weighted by Crippen LogP contribution is -2.68. The molecule has 1 aromatic rings. The molecule has 6 atom stereocenters. The first-order valence-corrected chi connectivity index (χ1v) is 10.8. The summed E-state index contributed by atoms with van der Waals surface area (Å²) < 4.78 is 0. The highest BCUT2D eigenvalue weighted by Gasteiger charge is 2.67. The zero-order chi connectivity index (χ0) is 25.6. The van der Waals surface area contributed by atoms with Gasteiger partial charge < -0.3 is 31.3 Å². The number of phenols is 1. The third kappa shape index (κ3) is 2.70. The number of hydrogen-bond acceptors (Lipinski definition) is 9. The fourth-order valence-electron chi connectivity index (χ4n) is 6.19. The van der Waals surface area contributed by atoms with Crippen LogP contribution in [0.5, 0.6) is 5.75 Å². The average molecular weight is 472 g/mol. The Bertz CT molecular complexity index is 1230. The van der Waals surface area contributed by atoms with Crippen LogP contribution in [0, 0.1) is 25.7 Å². The number of carbonyl (C=O) groups is 3. The van der Waals surface area contributed by atoms with Gasteiger partial charge in [-0.15, -0.1) is 0 Å². The van der Waals surface area contributed by atoms with Crippen LogP contribution < -0.4 is 5.73 Å². The van der Waals surface area contributed by atoms with Gasteiger partial charge in [0.1, 0.15) is 22.8 Å². The highest BCUT2D eigenvalue weighted by atomic mass is 16.4. The number of hydrogen-bond donors (Lipinski definition) is 6. The molecular weight excluding hydrogens is 444 g/mol. The molecule has 0 aliphatic heterocycles. The molecule has 3 aliphatic rings. The molecule has 7 N–H and O–H groups in total. The molecule has 182 valence electrons. The molecule has 3 aliphatic carbocycles. The van der Waals surface area contributed by atoms with Gasteiger partial charge in [0.05, 0.1) is 23.6 Å². The number of aryl methyl sites for hydroxylation is 2. The zero-order valence-corrected chi connectivity index (χ0v) is 19.4. The summed E-state index contributed by atoms with van der Waals surface area (Å²) in [4.78, 5) is 40.3. The number of primary amides is 1. The van der Waals surface area contributed by atoms with Gasteiger partial charge in [0.25, 0.3) is 5.91 Å². The maximum atomic E-state index is 13.6. The fourth-order valence-corrected chi connectivity index (χ4v) is 6.19. The van der Waals surface area contributed by atoms with E-state index < -0.39 is 75.6 Å². The van der Waals surface area contributed by atoms with E-state index in [0.717, 1.165) is 0 Å². The van der Waals surface area contributed by atoms with E-state index in [1.54, 1.807) is 26.8 Å². The van der Waals surface area contributed by atoms with Gasteiger partial charge in [-0.3, -0.25) is 19.3 Å². The summed E-state index contributed by atoms with van der Waals surface area (Å²) >= 11 is 0. The number of aliphatic hydroxyl groups excluding tert-OH is 3. The molecule has 0 fully saturated rings. The molecule has 10 nitrogen and oxygen atoms in total. The molecule has 4 rings (SSSR count). The minimum atomic E-state index is -2.90. The van der Waals surface area contributed by atoms with Crippen LogP contribution in [0.2, 0.25) is 0 Å². The first-order chi connectivity index (χ1) is 15.7. The number of rotatable bonds is 2. The number of aliphatic hydroxyl groups is 4. The van der Waals surface area contributed by atoms with Crippen LogP contribution in [0.3, 0.4) is 0 Å². The topological polar surface area (TPSA) is 182 Å². The monoisotopic (exact) mass is 472 g/mol. The van der Waals surface area contributed by atoms with Crippen molar-refractivity contribution in [3.63, 3.8) is 0 Å². The van der Waals surface area contributed by atoms with Crippen molar-refractivity contribution in [2.45, 2.75) is 44.4 Å². The van der Waals surface area contributed by atoms with Crippen LogP contribution in [-0.2, 0) is 9.59 Å². The molecular formula is C24H28N2O8. The number of nitrogens with two attached hydrogens (primary N) is 1. The van der Waals surface area contributed by atoms with Gasteiger partial charge in [0.15, 0.2) is 11.4 Å². The van der Waals surface area contributed by atoms with Crippen LogP contribution in [0.1, 0.15) is 39.9 Å². The lowest BCUT2D eigenvalue weighted by atomic mass is 9.55. The zero-order valence-electron chi connectivity index (χ0n) is 19.4. The Hall–Kier alpha value is -3.21. The van der Waals surface area contributed by atoms with Crippen LogP contribution in [0.25, 0.3) is 0 Å². The lowest BCUT2D eigenvalue weighted by Gasteiger charge is -2.53. The first-order valence-electron chi connectivity index (χ1n) is 10.8. The normalized spacial score (nSPS) is 33.1. The van der Waals surface area contributed by atoms with Gasteiger partial charge >= 0.3 is 0 Å². The van der Waals surface area contributed by atoms with Crippen LogP contribution in [0.4, 0.5) is 0 Å². The molecule has 0 unspecified atom stereocenters. The average Bonchev–Trinajstić information content (AvgIpc) is 2.73. The first kappa shape index (κ1) is 23.9. The second-order valence-electron chi connectivity index (χ2n) is 9.70. The summed E-state index contributed by atoms with van der Waals surface area (Å²) in [5, 5.41) is 55.9. The number of carbonyl (C=O) groups excluding carboxylic acids is 3. The molecule has 10 heteroatoms. The minimum absolute atomic E-state index is 0.0713. The van der Waals surface area contributed by atoms with Crippen molar-refractivity contribution in [3.8, 4) is 5.75 Å². The van der Waals surface area contributed by atoms with Gasteiger partial charge in [-0.05, 0) is 50.6 Å². The van der Waals surface area contributed by atoms with E-state index >= 15 is 0 Å². The van der Waals surface area contributed by atoms with Gasteiger partial charge in [0, 0.05) is 11.5 Å². The number of fused-ring (bicyclic) bond motifs is 3. The smallest absolute Gasteiger partial charge is 0.255 e. The molecule has 1 aromatic carbocycles. The summed E-state index contributed by atoms with van der Waals surface area (Å²) in [6.45, 7) is 5.08. The Morgan fingerprint density at radius 2 is 1.71 bits per heavy atom. The van der Waals surface area contributed by atoms with Crippen molar-refractivity contribution in [2.75, 3.05) is 14.1 Å². The van der Waals surface area contributed by atoms with E-state index in [0.29, 0.717) is 16.7 Å². The van der Waals surface area contributed by atoms with Crippen LogP contribution >= 0.6 is 0 Å². The lowest BCUT2D eigenvalue weighted by molar-refractivity contribution is -0.162. The maximum absolute atomic E-state index is 13.6. The Morgan fingerprint density at radius 3 is 2.24 bits per heavy atom. The Labute approximate surface area is 195 Å². The highest BCUT2D eigenvalue weighted by Crippen LogP contribution is 2.56. The second-order valence-corrected chi connectivity index (χ2v) is 9.70. The summed E-state index contributed by atoms with van der Waals surface area (Å²) in [6, 6.07) is 0.429. The number of benzene rings is 1. The summed E-state index contributed by atoms with van der Waals surface area (Å²) in [7, 11) is 2.99. The molecule has 0 aromatic heterocycles. The largest absolute Gasteiger partial charge is 0.510 e. The molecule has 0 saturated heterocycles. The second kappa shape index (κ2) is 7.39. The number of Topliss-reactive ketones (excluding diaryl/α,β-unsaturated/α-hetero) is 2. The van der Waals surface area contributed by atoms with Gasteiger partial charge in [0.2, 0.25) is 5.78 Å². The van der Waals surface area contributed by atoms with Crippen molar-refractivity contribution >= 4 is 17.5 Å². The van der Waals surface area contributed by atoms with Crippen molar-refractivity contribution in [1.82, 2.24) is 4.90 Å². The summed E-state index contributed by atoms with van der Waals surface area (Å²) in [5.41, 5.74) is 2.60. The predicted octanol–water partition coefficient (Wildman–Crippen LogP) is 0.269. The number of nitrogens with zero attached hydrogens (tertiary/aromatic N) is 1. The predicted molar refractivity (Wildman–Crippen MR) is 119 cm³/mol. The van der Waals surface area contributed by atoms with E-state index in [9.17, 15) is 39.9 Å². The number of aromatic hydroxyl groups is 1. The van der Waals surface area contributed by atoms with Gasteiger partial charge in [-0.1, -0.05) is 13.0 Å². The number of likely N-dealkylation sites (N-methyl/N-ethyl adjacent to an activating group) is 1. The molecule has 0 radical (unpaired) electrons. The molecule has 34 heavy (non-hydrogen) atoms. The standard InChI is InChI=1S/C24H28N2O8/c1-7-6-8(2)17(27)12-10(7)9(3)11-13(18(12)28)21(31)24(34)15(19(11)29)16(26(4)5)20(30)14(22(24)32)23(25)33/h6,9,11,15-16,19,27,29-31,34H,1-5H3,(H2,25,33)/t9-,11+,15+,16-,19-,24-/m0/s1.